The normalized spacial score (nSPS) is 17.7. The molecule has 3 heterocycles. The van der Waals surface area contributed by atoms with Gasteiger partial charge >= 0.3 is 12.3 Å². The lowest BCUT2D eigenvalue weighted by atomic mass is 10.0. The highest BCUT2D eigenvalue weighted by Crippen LogP contribution is 2.30. The van der Waals surface area contributed by atoms with Crippen molar-refractivity contribution in [3.8, 4) is 0 Å². The zero-order chi connectivity index (χ0) is 29.4. The fourth-order valence-corrected chi connectivity index (χ4v) is 5.45. The Morgan fingerprint density at radius 1 is 0.902 bits per heavy atom. The van der Waals surface area contributed by atoms with Gasteiger partial charge in [-0.2, -0.15) is 18.3 Å². The number of piperidine rings is 1. The smallest absolute Gasteiger partial charge is 0.416 e. The van der Waals surface area contributed by atoms with E-state index in [2.05, 4.69) is 10.00 Å². The molecule has 8 nitrogen and oxygen atoms in total. The van der Waals surface area contributed by atoms with Gasteiger partial charge in [-0.05, 0) is 69.5 Å². The second-order valence-electron chi connectivity index (χ2n) is 11.8. The fourth-order valence-electron chi connectivity index (χ4n) is 5.45. The average molecular weight is 572 g/mol. The summed E-state index contributed by atoms with van der Waals surface area (Å²) >= 11 is 0. The summed E-state index contributed by atoms with van der Waals surface area (Å²) in [5.41, 5.74) is 1.20. The van der Waals surface area contributed by atoms with E-state index in [1.807, 2.05) is 48.6 Å². The van der Waals surface area contributed by atoms with Gasteiger partial charge in [-0.15, -0.1) is 0 Å². The van der Waals surface area contributed by atoms with Crippen LogP contribution in [0.1, 0.15) is 61.1 Å². The van der Waals surface area contributed by atoms with Gasteiger partial charge < -0.3 is 14.5 Å². The Bertz CT molecular complexity index is 1380. The summed E-state index contributed by atoms with van der Waals surface area (Å²) in [6.07, 6.45) is -1.30. The molecule has 0 saturated carbocycles. The monoisotopic (exact) mass is 571 g/mol. The maximum Gasteiger partial charge on any atom is 0.416 e. The van der Waals surface area contributed by atoms with E-state index in [1.54, 1.807) is 11.1 Å². The van der Waals surface area contributed by atoms with Gasteiger partial charge in [0.1, 0.15) is 5.60 Å². The molecule has 11 heteroatoms. The van der Waals surface area contributed by atoms with E-state index < -0.39 is 17.3 Å². The first kappa shape index (κ1) is 28.9. The largest absolute Gasteiger partial charge is 0.444 e. The van der Waals surface area contributed by atoms with Gasteiger partial charge in [-0.1, -0.05) is 12.1 Å². The molecular weight excluding hydrogens is 535 g/mol. The maximum absolute atomic E-state index is 13.3. The number of hydrogen-bond acceptors (Lipinski definition) is 5. The van der Waals surface area contributed by atoms with Crippen LogP contribution in [0.4, 0.5) is 18.0 Å². The van der Waals surface area contributed by atoms with Crippen LogP contribution in [0.15, 0.2) is 48.7 Å². The molecule has 2 amide bonds. The Hall–Kier alpha value is -3.60. The van der Waals surface area contributed by atoms with Gasteiger partial charge in [0.25, 0.3) is 5.91 Å². The number of ether oxygens (including phenoxy) is 1. The first-order valence-electron chi connectivity index (χ1n) is 14.0. The van der Waals surface area contributed by atoms with Crippen LogP contribution in [0.25, 0.3) is 10.9 Å². The lowest BCUT2D eigenvalue weighted by molar-refractivity contribution is -0.137. The van der Waals surface area contributed by atoms with Crippen LogP contribution in [0.5, 0.6) is 0 Å². The highest BCUT2D eigenvalue weighted by Gasteiger charge is 2.31. The van der Waals surface area contributed by atoms with Crippen LogP contribution in [-0.2, 0) is 17.5 Å². The molecule has 2 aliphatic rings. The van der Waals surface area contributed by atoms with Gasteiger partial charge in [0.05, 0.1) is 23.3 Å². The summed E-state index contributed by atoms with van der Waals surface area (Å²) < 4.78 is 46.0. The number of nitrogens with zero attached hydrogens (tertiary/aromatic N) is 5. The third-order valence-electron chi connectivity index (χ3n) is 7.65. The summed E-state index contributed by atoms with van der Waals surface area (Å²) in [6.45, 7) is 9.72. The summed E-state index contributed by atoms with van der Waals surface area (Å²) in [5.74, 6) is -0.0421. The van der Waals surface area contributed by atoms with Crippen molar-refractivity contribution < 1.29 is 27.5 Å². The average Bonchev–Trinajstić information content (AvgIpc) is 3.35. The number of carbonyl (C=O) groups excluding carboxylic acids is 2. The van der Waals surface area contributed by atoms with Gasteiger partial charge in [-0.3, -0.25) is 14.4 Å². The van der Waals surface area contributed by atoms with Crippen molar-refractivity contribution in [1.29, 1.82) is 0 Å². The second-order valence-corrected chi connectivity index (χ2v) is 11.8. The summed E-state index contributed by atoms with van der Waals surface area (Å²) in [4.78, 5) is 31.4. The third kappa shape index (κ3) is 6.83. The molecule has 5 rings (SSSR count). The van der Waals surface area contributed by atoms with E-state index in [-0.39, 0.29) is 18.0 Å². The SMILES string of the molecule is CC(C)(C)OC(=O)N1CCC(n2ncc3cc(C(=O)N4CCN(Cc5ccc(C(F)(F)F)cc5)CC4)ccc32)CC1. The number of piperazine rings is 1. The molecule has 0 unspecified atom stereocenters. The topological polar surface area (TPSA) is 70.9 Å². The second kappa shape index (κ2) is 11.3. The Morgan fingerprint density at radius 2 is 1.56 bits per heavy atom. The summed E-state index contributed by atoms with van der Waals surface area (Å²) in [6, 6.07) is 11.1. The van der Waals surface area contributed by atoms with Gasteiger partial charge in [0, 0.05) is 56.8 Å². The molecule has 41 heavy (non-hydrogen) atoms. The van der Waals surface area contributed by atoms with E-state index >= 15 is 0 Å². The number of fused-ring (bicyclic) bond motifs is 1. The first-order chi connectivity index (χ1) is 19.4. The van der Waals surface area contributed by atoms with Crippen molar-refractivity contribution in [2.24, 2.45) is 0 Å². The molecule has 0 radical (unpaired) electrons. The predicted octanol–water partition coefficient (Wildman–Crippen LogP) is 5.59. The lowest BCUT2D eigenvalue weighted by Crippen LogP contribution is -2.48. The van der Waals surface area contributed by atoms with E-state index in [9.17, 15) is 22.8 Å². The zero-order valence-electron chi connectivity index (χ0n) is 23.7. The Kier molecular flexibility index (Phi) is 8.00. The van der Waals surface area contributed by atoms with Gasteiger partial charge in [-0.25, -0.2) is 4.79 Å². The minimum atomic E-state index is -4.34. The van der Waals surface area contributed by atoms with Crippen molar-refractivity contribution in [1.82, 2.24) is 24.5 Å². The minimum absolute atomic E-state index is 0.0421. The number of benzene rings is 2. The standard InChI is InChI=1S/C30H36F3N5O3/c1-29(2,3)41-28(40)37-12-10-25(11-13-37)38-26-9-6-22(18-23(26)19-34-38)27(39)36-16-14-35(15-17-36)20-21-4-7-24(8-5-21)30(31,32)33/h4-9,18-19,25H,10-17,20H2,1-3H3. The Labute approximate surface area is 237 Å². The molecule has 2 aromatic carbocycles. The fraction of sp³-hybridized carbons (Fsp3) is 0.500. The summed E-state index contributed by atoms with van der Waals surface area (Å²) in [5, 5.41) is 5.51. The molecule has 0 spiro atoms. The van der Waals surface area contributed by atoms with Crippen molar-refractivity contribution in [3.63, 3.8) is 0 Å². The molecule has 0 bridgehead atoms. The highest BCUT2D eigenvalue weighted by molar-refractivity contribution is 5.98. The number of carbonyl (C=O) groups is 2. The molecular formula is C30H36F3N5O3. The zero-order valence-corrected chi connectivity index (χ0v) is 23.7. The third-order valence-corrected chi connectivity index (χ3v) is 7.65. The van der Waals surface area contributed by atoms with Crippen molar-refractivity contribution in [2.45, 2.75) is 58.0 Å². The number of hydrogen-bond donors (Lipinski definition) is 0. The van der Waals surface area contributed by atoms with Crippen molar-refractivity contribution in [2.75, 3.05) is 39.3 Å². The molecule has 0 atom stereocenters. The number of halogens is 3. The van der Waals surface area contributed by atoms with E-state index in [0.717, 1.165) is 41.4 Å². The van der Waals surface area contributed by atoms with Crippen LogP contribution < -0.4 is 0 Å². The minimum Gasteiger partial charge on any atom is -0.444 e. The number of likely N-dealkylation sites (tertiary alicyclic amines) is 1. The van der Waals surface area contributed by atoms with Gasteiger partial charge in [0.2, 0.25) is 0 Å². The Balaban J connectivity index is 1.15. The molecule has 2 saturated heterocycles. The van der Waals surface area contributed by atoms with Gasteiger partial charge in [0.15, 0.2) is 0 Å². The van der Waals surface area contributed by atoms with Crippen molar-refractivity contribution >= 4 is 22.9 Å². The summed E-state index contributed by atoms with van der Waals surface area (Å²) in [7, 11) is 0. The predicted molar refractivity (Wildman–Crippen MR) is 148 cm³/mol. The lowest BCUT2D eigenvalue weighted by Gasteiger charge is -2.35. The van der Waals surface area contributed by atoms with Crippen molar-refractivity contribution in [3.05, 3.63) is 65.4 Å². The first-order valence-corrected chi connectivity index (χ1v) is 14.0. The quantitative estimate of drug-likeness (QED) is 0.409. The van der Waals surface area contributed by atoms with E-state index in [4.69, 9.17) is 4.74 Å². The van der Waals surface area contributed by atoms with Crippen LogP contribution in [0.2, 0.25) is 0 Å². The molecule has 3 aromatic rings. The number of rotatable bonds is 4. The number of alkyl halides is 3. The molecule has 2 aliphatic heterocycles. The Morgan fingerprint density at radius 3 is 2.17 bits per heavy atom. The molecule has 0 N–H and O–H groups in total. The van der Waals surface area contributed by atoms with Crippen LogP contribution in [0.3, 0.4) is 0 Å². The van der Waals surface area contributed by atoms with E-state index in [0.29, 0.717) is 51.4 Å². The maximum atomic E-state index is 13.3. The number of aromatic nitrogens is 2. The van der Waals surface area contributed by atoms with Crippen LogP contribution in [-0.4, -0.2) is 81.4 Å². The molecule has 0 aliphatic carbocycles. The van der Waals surface area contributed by atoms with Crippen LogP contribution >= 0.6 is 0 Å². The molecule has 2 fully saturated rings. The highest BCUT2D eigenvalue weighted by atomic mass is 19.4. The van der Waals surface area contributed by atoms with Crippen LogP contribution in [0, 0.1) is 0 Å². The number of amides is 2. The molecule has 1 aromatic heterocycles. The molecule has 220 valence electrons. The van der Waals surface area contributed by atoms with E-state index in [1.165, 1.54) is 12.1 Å².